The number of carboxylic acids is 1. The summed E-state index contributed by atoms with van der Waals surface area (Å²) in [6.45, 7) is 0. The van der Waals surface area contributed by atoms with Crippen molar-refractivity contribution in [1.82, 2.24) is 4.98 Å². The molecule has 6 nitrogen and oxygen atoms in total. The van der Waals surface area contributed by atoms with E-state index in [2.05, 4.69) is 10.3 Å². The SMILES string of the molecule is O=C(O)c1ccc2cc(O)c(C(=O)Nc3nc4ccccc4s3)cc2c1. The Bertz CT molecular complexity index is 1150. The lowest BCUT2D eigenvalue weighted by Crippen LogP contribution is -2.12. The Hall–Kier alpha value is -3.45. The first-order valence-corrected chi connectivity index (χ1v) is 8.50. The number of hydrogen-bond donors (Lipinski definition) is 3. The van der Waals surface area contributed by atoms with Gasteiger partial charge in [-0.25, -0.2) is 9.78 Å². The minimum atomic E-state index is -1.06. The lowest BCUT2D eigenvalue weighted by atomic mass is 10.0. The summed E-state index contributed by atoms with van der Waals surface area (Å²) in [5.74, 6) is -1.75. The highest BCUT2D eigenvalue weighted by atomic mass is 32.1. The van der Waals surface area contributed by atoms with Crippen LogP contribution in [0.15, 0.2) is 54.6 Å². The predicted octanol–water partition coefficient (Wildman–Crippen LogP) is 4.11. The van der Waals surface area contributed by atoms with Crippen LogP contribution in [0.25, 0.3) is 21.0 Å². The Balaban J connectivity index is 1.70. The number of carbonyl (C=O) groups is 2. The highest BCUT2D eigenvalue weighted by Crippen LogP contribution is 2.29. The molecule has 3 aromatic carbocycles. The maximum absolute atomic E-state index is 12.6. The zero-order valence-corrected chi connectivity index (χ0v) is 14.1. The average Bonchev–Trinajstić information content (AvgIpc) is 3.02. The summed E-state index contributed by atoms with van der Waals surface area (Å²) in [4.78, 5) is 28.0. The van der Waals surface area contributed by atoms with Crippen molar-refractivity contribution in [3.05, 3.63) is 65.7 Å². The number of phenols is 1. The molecule has 3 N–H and O–H groups in total. The summed E-state index contributed by atoms with van der Waals surface area (Å²) in [6, 6.07) is 14.9. The minimum Gasteiger partial charge on any atom is -0.507 e. The minimum absolute atomic E-state index is 0.0549. The van der Waals surface area contributed by atoms with E-state index in [4.69, 9.17) is 5.11 Å². The van der Waals surface area contributed by atoms with Crippen LogP contribution in [0.3, 0.4) is 0 Å². The molecule has 0 atom stereocenters. The van der Waals surface area contributed by atoms with Gasteiger partial charge in [0, 0.05) is 0 Å². The summed E-state index contributed by atoms with van der Waals surface area (Å²) < 4.78 is 0.941. The molecule has 0 radical (unpaired) electrons. The molecule has 0 bridgehead atoms. The molecule has 0 aliphatic rings. The largest absolute Gasteiger partial charge is 0.507 e. The zero-order valence-electron chi connectivity index (χ0n) is 13.3. The van der Waals surface area contributed by atoms with Crippen molar-refractivity contribution in [3.8, 4) is 5.75 Å². The molecule has 0 unspecified atom stereocenters. The summed E-state index contributed by atoms with van der Waals surface area (Å²) in [5, 5.41) is 23.6. The lowest BCUT2D eigenvalue weighted by molar-refractivity contribution is 0.0697. The maximum Gasteiger partial charge on any atom is 0.335 e. The Kier molecular flexibility index (Phi) is 3.78. The third-order valence-electron chi connectivity index (χ3n) is 3.96. The Labute approximate surface area is 151 Å². The van der Waals surface area contributed by atoms with Crippen LogP contribution in [-0.2, 0) is 0 Å². The van der Waals surface area contributed by atoms with E-state index in [1.807, 2.05) is 24.3 Å². The standard InChI is InChI=1S/C19H12N2O4S/c22-15-9-10-5-6-11(18(24)25)7-12(10)8-13(15)17(23)21-19-20-14-3-1-2-4-16(14)26-19/h1-9,22H,(H,24,25)(H,20,21,23). The molecule has 4 rings (SSSR count). The van der Waals surface area contributed by atoms with E-state index in [0.717, 1.165) is 10.2 Å². The number of phenolic OH excluding ortho intramolecular Hbond substituents is 1. The van der Waals surface area contributed by atoms with Gasteiger partial charge in [-0.2, -0.15) is 0 Å². The number of carboxylic acid groups (broad SMARTS) is 1. The Morgan fingerprint density at radius 1 is 1.00 bits per heavy atom. The van der Waals surface area contributed by atoms with Gasteiger partial charge < -0.3 is 10.2 Å². The molecule has 0 saturated heterocycles. The van der Waals surface area contributed by atoms with Gasteiger partial charge in [-0.15, -0.1) is 0 Å². The molecular formula is C19H12N2O4S. The Morgan fingerprint density at radius 3 is 2.58 bits per heavy atom. The van der Waals surface area contributed by atoms with Crippen LogP contribution in [0.4, 0.5) is 5.13 Å². The molecule has 1 amide bonds. The number of anilines is 1. The van der Waals surface area contributed by atoms with Crippen LogP contribution in [0.2, 0.25) is 0 Å². The summed E-state index contributed by atoms with van der Waals surface area (Å²) >= 11 is 1.33. The second-order valence-electron chi connectivity index (χ2n) is 5.68. The second kappa shape index (κ2) is 6.12. The summed E-state index contributed by atoms with van der Waals surface area (Å²) in [5.41, 5.74) is 0.946. The number of rotatable bonds is 3. The van der Waals surface area contributed by atoms with Crippen molar-refractivity contribution in [1.29, 1.82) is 0 Å². The third-order valence-corrected chi connectivity index (χ3v) is 4.91. The number of aromatic carboxylic acids is 1. The third kappa shape index (κ3) is 2.84. The molecular weight excluding hydrogens is 352 g/mol. The molecule has 1 aromatic heterocycles. The fourth-order valence-electron chi connectivity index (χ4n) is 2.69. The van der Waals surface area contributed by atoms with Gasteiger partial charge in [0.25, 0.3) is 5.91 Å². The molecule has 0 aliphatic carbocycles. The van der Waals surface area contributed by atoms with Crippen molar-refractivity contribution < 1.29 is 19.8 Å². The molecule has 0 saturated carbocycles. The van der Waals surface area contributed by atoms with Crippen LogP contribution in [0.5, 0.6) is 5.75 Å². The molecule has 1 heterocycles. The predicted molar refractivity (Wildman–Crippen MR) is 100 cm³/mol. The number of nitrogens with zero attached hydrogens (tertiary/aromatic N) is 1. The van der Waals surface area contributed by atoms with Crippen LogP contribution < -0.4 is 5.32 Å². The van der Waals surface area contributed by atoms with E-state index >= 15 is 0 Å². The number of para-hydroxylation sites is 1. The van der Waals surface area contributed by atoms with Crippen molar-refractivity contribution in [2.45, 2.75) is 0 Å². The highest BCUT2D eigenvalue weighted by Gasteiger charge is 2.15. The number of aromatic hydroxyl groups is 1. The number of carbonyl (C=O) groups excluding carboxylic acids is 1. The molecule has 4 aromatic rings. The number of amides is 1. The number of fused-ring (bicyclic) bond motifs is 2. The van der Waals surface area contributed by atoms with Gasteiger partial charge in [0.05, 0.1) is 21.3 Å². The first-order chi connectivity index (χ1) is 12.5. The summed E-state index contributed by atoms with van der Waals surface area (Å²) in [7, 11) is 0. The molecule has 0 aliphatic heterocycles. The van der Waals surface area contributed by atoms with E-state index in [1.54, 1.807) is 6.07 Å². The fraction of sp³-hybridized carbons (Fsp3) is 0. The van der Waals surface area contributed by atoms with Gasteiger partial charge in [-0.3, -0.25) is 10.1 Å². The fourth-order valence-corrected chi connectivity index (χ4v) is 3.55. The molecule has 26 heavy (non-hydrogen) atoms. The van der Waals surface area contributed by atoms with Gasteiger partial charge in [0.2, 0.25) is 0 Å². The van der Waals surface area contributed by atoms with E-state index in [0.29, 0.717) is 15.9 Å². The smallest absolute Gasteiger partial charge is 0.335 e. The van der Waals surface area contributed by atoms with Crippen LogP contribution in [0.1, 0.15) is 20.7 Å². The molecule has 0 fully saturated rings. The number of hydrogen-bond acceptors (Lipinski definition) is 5. The monoisotopic (exact) mass is 364 g/mol. The number of thiazole rings is 1. The van der Waals surface area contributed by atoms with Gasteiger partial charge in [0.15, 0.2) is 5.13 Å². The average molecular weight is 364 g/mol. The van der Waals surface area contributed by atoms with E-state index in [1.165, 1.54) is 35.6 Å². The van der Waals surface area contributed by atoms with Gasteiger partial charge in [-0.1, -0.05) is 29.5 Å². The highest BCUT2D eigenvalue weighted by molar-refractivity contribution is 7.22. The first-order valence-electron chi connectivity index (χ1n) is 7.68. The van der Waals surface area contributed by atoms with E-state index < -0.39 is 11.9 Å². The van der Waals surface area contributed by atoms with Crippen molar-refractivity contribution in [3.63, 3.8) is 0 Å². The Morgan fingerprint density at radius 2 is 1.81 bits per heavy atom. The van der Waals surface area contributed by atoms with Crippen LogP contribution in [-0.4, -0.2) is 27.1 Å². The molecule has 0 spiro atoms. The summed E-state index contributed by atoms with van der Waals surface area (Å²) in [6.07, 6.45) is 0. The van der Waals surface area contributed by atoms with E-state index in [-0.39, 0.29) is 16.9 Å². The normalized spacial score (nSPS) is 10.9. The van der Waals surface area contributed by atoms with E-state index in [9.17, 15) is 14.7 Å². The van der Waals surface area contributed by atoms with Gasteiger partial charge >= 0.3 is 5.97 Å². The number of aromatic nitrogens is 1. The van der Waals surface area contributed by atoms with Crippen molar-refractivity contribution >= 4 is 49.3 Å². The lowest BCUT2D eigenvalue weighted by Gasteiger charge is -2.07. The topological polar surface area (TPSA) is 99.5 Å². The van der Waals surface area contributed by atoms with Crippen molar-refractivity contribution in [2.24, 2.45) is 0 Å². The molecule has 7 heteroatoms. The zero-order chi connectivity index (χ0) is 18.3. The van der Waals surface area contributed by atoms with Crippen LogP contribution >= 0.6 is 11.3 Å². The molecule has 128 valence electrons. The number of benzene rings is 3. The second-order valence-corrected chi connectivity index (χ2v) is 6.71. The maximum atomic E-state index is 12.6. The van der Waals surface area contributed by atoms with Crippen LogP contribution in [0, 0.1) is 0 Å². The number of nitrogens with one attached hydrogen (secondary N) is 1. The van der Waals surface area contributed by atoms with Gasteiger partial charge in [-0.05, 0) is 47.2 Å². The first kappa shape index (κ1) is 16.0. The van der Waals surface area contributed by atoms with Gasteiger partial charge in [0.1, 0.15) is 5.75 Å². The van der Waals surface area contributed by atoms with Crippen molar-refractivity contribution in [2.75, 3.05) is 5.32 Å². The quantitative estimate of drug-likeness (QED) is 0.508.